The zero-order valence-electron chi connectivity index (χ0n) is 13.6. The first-order chi connectivity index (χ1) is 11.2. The van der Waals surface area contributed by atoms with E-state index < -0.39 is 0 Å². The number of likely N-dealkylation sites (tertiary alicyclic amines) is 1. The molecule has 2 saturated heterocycles. The molecule has 2 fully saturated rings. The van der Waals surface area contributed by atoms with Crippen LogP contribution in [0.2, 0.25) is 0 Å². The van der Waals surface area contributed by atoms with E-state index in [1.807, 2.05) is 30.3 Å². The maximum atomic E-state index is 12.6. The van der Waals surface area contributed by atoms with Gasteiger partial charge in [-0.15, -0.1) is 0 Å². The molecular formula is C18H27N3O2. The normalized spacial score (nSPS) is 26.8. The average Bonchev–Trinajstić information content (AvgIpc) is 2.61. The van der Waals surface area contributed by atoms with Crippen LogP contribution in [0.5, 0.6) is 0 Å². The number of benzene rings is 1. The summed E-state index contributed by atoms with van der Waals surface area (Å²) in [6.45, 7) is 3.29. The van der Waals surface area contributed by atoms with Gasteiger partial charge in [0.15, 0.2) is 0 Å². The molecule has 0 amide bonds. The lowest BCUT2D eigenvalue weighted by Crippen LogP contribution is -2.56. The van der Waals surface area contributed by atoms with E-state index in [0.717, 1.165) is 44.5 Å². The molecule has 23 heavy (non-hydrogen) atoms. The lowest BCUT2D eigenvalue weighted by Gasteiger charge is -2.43. The topological polar surface area (TPSA) is 67.6 Å². The highest BCUT2D eigenvalue weighted by molar-refractivity contribution is 5.76. The van der Waals surface area contributed by atoms with Crippen molar-refractivity contribution in [3.05, 3.63) is 35.9 Å². The molecule has 1 aromatic carbocycles. The van der Waals surface area contributed by atoms with E-state index in [1.165, 1.54) is 0 Å². The molecule has 2 atom stereocenters. The van der Waals surface area contributed by atoms with Crippen LogP contribution >= 0.6 is 0 Å². The van der Waals surface area contributed by atoms with E-state index in [0.29, 0.717) is 19.1 Å². The Balaban J connectivity index is 1.62. The van der Waals surface area contributed by atoms with Gasteiger partial charge in [0.05, 0.1) is 0 Å². The van der Waals surface area contributed by atoms with Crippen LogP contribution in [0, 0.1) is 0 Å². The van der Waals surface area contributed by atoms with Gasteiger partial charge in [0.2, 0.25) is 0 Å². The summed E-state index contributed by atoms with van der Waals surface area (Å²) >= 11 is 0. The predicted molar refractivity (Wildman–Crippen MR) is 89.8 cm³/mol. The third-order valence-corrected chi connectivity index (χ3v) is 4.96. The Morgan fingerprint density at radius 1 is 1.22 bits per heavy atom. The highest BCUT2D eigenvalue weighted by Gasteiger charge is 2.37. The number of rotatable bonds is 4. The van der Waals surface area contributed by atoms with Crippen LogP contribution in [0.4, 0.5) is 0 Å². The van der Waals surface area contributed by atoms with Crippen LogP contribution in [0.3, 0.4) is 0 Å². The summed E-state index contributed by atoms with van der Waals surface area (Å²) in [4.78, 5) is 15.0. The first-order valence-corrected chi connectivity index (χ1v) is 8.66. The molecule has 1 aromatic rings. The number of hydrogen-bond acceptors (Lipinski definition) is 5. The molecule has 0 aromatic heterocycles. The number of hydrogen-bond donors (Lipinski definition) is 2. The Kier molecular flexibility index (Phi) is 5.65. The molecule has 5 nitrogen and oxygen atoms in total. The number of nitrogens with zero attached hydrogens (tertiary/aromatic N) is 1. The number of carbonyl (C=O) groups is 1. The smallest absolute Gasteiger partial charge is 0.323 e. The zero-order chi connectivity index (χ0) is 16.1. The number of nitrogens with two attached hydrogens (primary N) is 1. The summed E-state index contributed by atoms with van der Waals surface area (Å²) in [6.07, 6.45) is 3.86. The van der Waals surface area contributed by atoms with Crippen molar-refractivity contribution in [3.8, 4) is 0 Å². The Labute approximate surface area is 138 Å². The molecule has 0 spiro atoms. The molecule has 126 valence electrons. The fourth-order valence-corrected chi connectivity index (χ4v) is 3.64. The SMILES string of the molecule is NC1CCN(C2CCNCC2)C(C(=O)OCc2ccccc2)C1. The maximum Gasteiger partial charge on any atom is 0.323 e. The Bertz CT molecular complexity index is 502. The number of piperidine rings is 2. The number of nitrogens with one attached hydrogen (secondary N) is 1. The molecule has 0 bridgehead atoms. The summed E-state index contributed by atoms with van der Waals surface area (Å²) < 4.78 is 5.59. The summed E-state index contributed by atoms with van der Waals surface area (Å²) in [5.74, 6) is -0.123. The minimum Gasteiger partial charge on any atom is -0.460 e. The van der Waals surface area contributed by atoms with E-state index in [2.05, 4.69) is 10.2 Å². The number of esters is 1. The minimum atomic E-state index is -0.189. The molecule has 2 aliphatic heterocycles. The predicted octanol–water partition coefficient (Wildman–Crippen LogP) is 1.27. The van der Waals surface area contributed by atoms with Gasteiger partial charge in [-0.2, -0.15) is 0 Å². The first kappa shape index (κ1) is 16.4. The lowest BCUT2D eigenvalue weighted by atomic mass is 9.93. The molecule has 2 heterocycles. The van der Waals surface area contributed by atoms with Crippen LogP contribution < -0.4 is 11.1 Å². The van der Waals surface area contributed by atoms with E-state index >= 15 is 0 Å². The van der Waals surface area contributed by atoms with Crippen LogP contribution in [0.15, 0.2) is 30.3 Å². The van der Waals surface area contributed by atoms with Crippen LogP contribution in [-0.2, 0) is 16.1 Å². The molecule has 3 rings (SSSR count). The van der Waals surface area contributed by atoms with Gasteiger partial charge in [0.1, 0.15) is 12.6 Å². The van der Waals surface area contributed by atoms with Crippen LogP contribution in [-0.4, -0.2) is 48.6 Å². The molecule has 2 aliphatic rings. The standard InChI is InChI=1S/C18H27N3O2/c19-15-8-11-21(16-6-9-20-10-7-16)17(12-15)18(22)23-13-14-4-2-1-3-5-14/h1-5,15-17,20H,6-13,19H2. The van der Waals surface area contributed by atoms with Gasteiger partial charge in [0, 0.05) is 18.6 Å². The van der Waals surface area contributed by atoms with E-state index in [4.69, 9.17) is 10.5 Å². The number of carbonyl (C=O) groups excluding carboxylic acids is 1. The second-order valence-electron chi connectivity index (χ2n) is 6.61. The largest absolute Gasteiger partial charge is 0.460 e. The van der Waals surface area contributed by atoms with Crippen molar-refractivity contribution < 1.29 is 9.53 Å². The monoisotopic (exact) mass is 317 g/mol. The van der Waals surface area contributed by atoms with Gasteiger partial charge in [0.25, 0.3) is 0 Å². The van der Waals surface area contributed by atoms with Crippen LogP contribution in [0.25, 0.3) is 0 Å². The third-order valence-electron chi connectivity index (χ3n) is 4.96. The summed E-state index contributed by atoms with van der Waals surface area (Å²) in [5.41, 5.74) is 7.14. The van der Waals surface area contributed by atoms with Crippen LogP contribution in [0.1, 0.15) is 31.2 Å². The van der Waals surface area contributed by atoms with Crippen molar-refractivity contribution in [1.82, 2.24) is 10.2 Å². The van der Waals surface area contributed by atoms with Crippen molar-refractivity contribution >= 4 is 5.97 Å². The highest BCUT2D eigenvalue weighted by Crippen LogP contribution is 2.24. The Hall–Kier alpha value is -1.43. The van der Waals surface area contributed by atoms with E-state index in [9.17, 15) is 4.79 Å². The second kappa shape index (κ2) is 7.90. The van der Waals surface area contributed by atoms with Crippen molar-refractivity contribution in [2.45, 2.75) is 50.4 Å². The van der Waals surface area contributed by atoms with Gasteiger partial charge < -0.3 is 15.8 Å². The quantitative estimate of drug-likeness (QED) is 0.819. The fourth-order valence-electron chi connectivity index (χ4n) is 3.64. The molecule has 3 N–H and O–H groups in total. The van der Waals surface area contributed by atoms with Gasteiger partial charge in [-0.25, -0.2) is 0 Å². The average molecular weight is 317 g/mol. The third kappa shape index (κ3) is 4.31. The van der Waals surface area contributed by atoms with Gasteiger partial charge in [-0.3, -0.25) is 9.69 Å². The highest BCUT2D eigenvalue weighted by atomic mass is 16.5. The molecule has 0 saturated carbocycles. The maximum absolute atomic E-state index is 12.6. The van der Waals surface area contributed by atoms with Gasteiger partial charge in [-0.1, -0.05) is 30.3 Å². The van der Waals surface area contributed by atoms with E-state index in [-0.39, 0.29) is 18.1 Å². The minimum absolute atomic E-state index is 0.0993. The second-order valence-corrected chi connectivity index (χ2v) is 6.61. The van der Waals surface area contributed by atoms with E-state index in [1.54, 1.807) is 0 Å². The molecule has 0 aliphatic carbocycles. The van der Waals surface area contributed by atoms with Crippen molar-refractivity contribution in [2.24, 2.45) is 5.73 Å². The summed E-state index contributed by atoms with van der Waals surface area (Å²) in [6, 6.07) is 10.2. The fraction of sp³-hybridized carbons (Fsp3) is 0.611. The van der Waals surface area contributed by atoms with Crippen molar-refractivity contribution in [2.75, 3.05) is 19.6 Å². The van der Waals surface area contributed by atoms with Gasteiger partial charge in [-0.05, 0) is 44.3 Å². The summed E-state index contributed by atoms with van der Waals surface area (Å²) in [7, 11) is 0. The molecule has 5 heteroatoms. The van der Waals surface area contributed by atoms with Gasteiger partial charge >= 0.3 is 5.97 Å². The first-order valence-electron chi connectivity index (χ1n) is 8.66. The number of ether oxygens (including phenoxy) is 1. The van der Waals surface area contributed by atoms with Crippen molar-refractivity contribution in [3.63, 3.8) is 0 Å². The molecule has 0 radical (unpaired) electrons. The Morgan fingerprint density at radius 2 is 1.96 bits per heavy atom. The molecule has 2 unspecified atom stereocenters. The molecular weight excluding hydrogens is 290 g/mol. The summed E-state index contributed by atoms with van der Waals surface area (Å²) in [5, 5.41) is 3.39. The Morgan fingerprint density at radius 3 is 2.70 bits per heavy atom. The van der Waals surface area contributed by atoms with Crippen molar-refractivity contribution in [1.29, 1.82) is 0 Å². The zero-order valence-corrected chi connectivity index (χ0v) is 13.6. The lowest BCUT2D eigenvalue weighted by molar-refractivity contribution is -0.154.